The number of benzene rings is 2. The van der Waals surface area contributed by atoms with Gasteiger partial charge in [0.25, 0.3) is 5.91 Å². The Morgan fingerprint density at radius 3 is 2.48 bits per heavy atom. The minimum absolute atomic E-state index is 0.118. The monoisotopic (exact) mass is 399 g/mol. The predicted octanol–water partition coefficient (Wildman–Crippen LogP) is 3.56. The Labute approximate surface area is 168 Å². The molecule has 2 aromatic rings. The zero-order chi connectivity index (χ0) is 21.0. The fourth-order valence-electron chi connectivity index (χ4n) is 2.76. The molecule has 1 heterocycles. The van der Waals surface area contributed by atoms with Gasteiger partial charge in [-0.15, -0.1) is 0 Å². The number of carbonyl (C=O) groups excluding carboxylic acids is 2. The number of nitrogens with zero attached hydrogens (tertiary/aromatic N) is 1. The maximum absolute atomic E-state index is 13.0. The SMILES string of the molecule is CN(Cc1ccccc1OCc1ccc(F)cc1)C(=O)/C=C1\OC(C)(C)OC1=O. The van der Waals surface area contributed by atoms with E-state index >= 15 is 0 Å². The highest BCUT2D eigenvalue weighted by atomic mass is 19.1. The summed E-state index contributed by atoms with van der Waals surface area (Å²) in [6, 6.07) is 13.4. The average Bonchev–Trinajstić information content (AvgIpc) is 2.93. The van der Waals surface area contributed by atoms with Gasteiger partial charge in [0.1, 0.15) is 18.2 Å². The first-order valence-electron chi connectivity index (χ1n) is 9.08. The maximum Gasteiger partial charge on any atom is 0.377 e. The Bertz CT molecular complexity index is 936. The van der Waals surface area contributed by atoms with Crippen molar-refractivity contribution in [2.45, 2.75) is 32.8 Å². The summed E-state index contributed by atoms with van der Waals surface area (Å²) in [4.78, 5) is 25.7. The topological polar surface area (TPSA) is 65.1 Å². The fourth-order valence-corrected chi connectivity index (χ4v) is 2.76. The second kappa shape index (κ2) is 8.34. The Morgan fingerprint density at radius 2 is 1.83 bits per heavy atom. The van der Waals surface area contributed by atoms with E-state index in [-0.39, 0.29) is 24.7 Å². The van der Waals surface area contributed by atoms with Crippen molar-refractivity contribution < 1.29 is 28.2 Å². The van der Waals surface area contributed by atoms with E-state index in [4.69, 9.17) is 14.2 Å². The molecule has 1 saturated heterocycles. The summed E-state index contributed by atoms with van der Waals surface area (Å²) < 4.78 is 29.2. The van der Waals surface area contributed by atoms with Crippen LogP contribution in [0.2, 0.25) is 0 Å². The number of carbonyl (C=O) groups is 2. The maximum atomic E-state index is 13.0. The van der Waals surface area contributed by atoms with Crippen molar-refractivity contribution in [2.24, 2.45) is 0 Å². The molecule has 1 aliphatic heterocycles. The Hall–Kier alpha value is -3.35. The molecular weight excluding hydrogens is 377 g/mol. The molecular formula is C22H22FNO5. The van der Waals surface area contributed by atoms with Crippen LogP contribution < -0.4 is 4.74 Å². The lowest BCUT2D eigenvalue weighted by Crippen LogP contribution is -2.25. The van der Waals surface area contributed by atoms with Crippen molar-refractivity contribution in [1.29, 1.82) is 0 Å². The van der Waals surface area contributed by atoms with E-state index in [9.17, 15) is 14.0 Å². The molecule has 0 spiro atoms. The molecule has 0 aromatic heterocycles. The lowest BCUT2D eigenvalue weighted by atomic mass is 10.2. The molecule has 3 rings (SSSR count). The number of amides is 1. The number of rotatable bonds is 6. The second-order valence-corrected chi connectivity index (χ2v) is 7.12. The van der Waals surface area contributed by atoms with E-state index in [1.54, 1.807) is 39.1 Å². The summed E-state index contributed by atoms with van der Waals surface area (Å²) in [7, 11) is 1.61. The highest BCUT2D eigenvalue weighted by molar-refractivity contribution is 5.97. The molecule has 1 amide bonds. The molecule has 0 bridgehead atoms. The van der Waals surface area contributed by atoms with Crippen LogP contribution in [0.5, 0.6) is 5.75 Å². The summed E-state index contributed by atoms with van der Waals surface area (Å²) in [6.07, 6.45) is 1.12. The van der Waals surface area contributed by atoms with E-state index in [0.29, 0.717) is 5.75 Å². The van der Waals surface area contributed by atoms with E-state index in [1.165, 1.54) is 17.0 Å². The van der Waals surface area contributed by atoms with Crippen molar-refractivity contribution in [1.82, 2.24) is 4.90 Å². The van der Waals surface area contributed by atoms with Gasteiger partial charge in [-0.1, -0.05) is 30.3 Å². The molecule has 0 radical (unpaired) electrons. The number of halogens is 1. The van der Waals surface area contributed by atoms with Crippen molar-refractivity contribution >= 4 is 11.9 Å². The van der Waals surface area contributed by atoms with Gasteiger partial charge >= 0.3 is 5.97 Å². The molecule has 7 heteroatoms. The van der Waals surface area contributed by atoms with Gasteiger partial charge in [0.2, 0.25) is 11.5 Å². The average molecular weight is 399 g/mol. The standard InChI is InChI=1S/C22H22FNO5/c1-22(2)28-19(21(26)29-22)12-20(25)24(3)13-16-6-4-5-7-18(16)27-14-15-8-10-17(23)11-9-15/h4-12H,13-14H2,1-3H3/b19-12-. The third-order valence-corrected chi connectivity index (χ3v) is 4.21. The van der Waals surface area contributed by atoms with Crippen LogP contribution in [0.1, 0.15) is 25.0 Å². The number of likely N-dealkylation sites (N-methyl/N-ethyl adjacent to an activating group) is 1. The quantitative estimate of drug-likeness (QED) is 0.549. The van der Waals surface area contributed by atoms with Crippen LogP contribution in [-0.2, 0) is 32.2 Å². The van der Waals surface area contributed by atoms with Gasteiger partial charge in [0.05, 0.1) is 6.08 Å². The number of ether oxygens (including phenoxy) is 3. The minimum Gasteiger partial charge on any atom is -0.489 e. The van der Waals surface area contributed by atoms with Crippen LogP contribution in [0.4, 0.5) is 4.39 Å². The molecule has 29 heavy (non-hydrogen) atoms. The summed E-state index contributed by atoms with van der Waals surface area (Å²) in [6.45, 7) is 3.72. The molecule has 0 N–H and O–H groups in total. The molecule has 0 atom stereocenters. The first-order chi connectivity index (χ1) is 13.7. The van der Waals surface area contributed by atoms with Crippen molar-refractivity contribution in [3.05, 3.63) is 77.3 Å². The predicted molar refractivity (Wildman–Crippen MR) is 103 cm³/mol. The molecule has 0 saturated carbocycles. The van der Waals surface area contributed by atoms with Crippen LogP contribution in [0.3, 0.4) is 0 Å². The van der Waals surface area contributed by atoms with Crippen LogP contribution in [0.25, 0.3) is 0 Å². The number of para-hydroxylation sites is 1. The lowest BCUT2D eigenvalue weighted by molar-refractivity contribution is -0.159. The summed E-state index contributed by atoms with van der Waals surface area (Å²) in [5.41, 5.74) is 1.62. The third-order valence-electron chi connectivity index (χ3n) is 4.21. The van der Waals surface area contributed by atoms with Crippen LogP contribution >= 0.6 is 0 Å². The van der Waals surface area contributed by atoms with Crippen LogP contribution in [-0.4, -0.2) is 29.6 Å². The van der Waals surface area contributed by atoms with Gasteiger partial charge in [-0.25, -0.2) is 9.18 Å². The van der Waals surface area contributed by atoms with Crippen molar-refractivity contribution in [3.8, 4) is 5.75 Å². The van der Waals surface area contributed by atoms with Gasteiger partial charge in [-0.2, -0.15) is 0 Å². The fraction of sp³-hybridized carbons (Fsp3) is 0.273. The van der Waals surface area contributed by atoms with E-state index in [2.05, 4.69) is 0 Å². The van der Waals surface area contributed by atoms with Crippen molar-refractivity contribution in [2.75, 3.05) is 7.05 Å². The molecule has 0 unspecified atom stereocenters. The number of hydrogen-bond acceptors (Lipinski definition) is 5. The van der Waals surface area contributed by atoms with Crippen molar-refractivity contribution in [3.63, 3.8) is 0 Å². The minimum atomic E-state index is -1.08. The Morgan fingerprint density at radius 1 is 1.14 bits per heavy atom. The lowest BCUT2D eigenvalue weighted by Gasteiger charge is -2.18. The third kappa shape index (κ3) is 5.34. The van der Waals surface area contributed by atoms with Crippen LogP contribution in [0.15, 0.2) is 60.4 Å². The van der Waals surface area contributed by atoms with Gasteiger partial charge < -0.3 is 19.1 Å². The van der Waals surface area contributed by atoms with Gasteiger partial charge in [0.15, 0.2) is 0 Å². The van der Waals surface area contributed by atoms with Crippen LogP contribution in [0, 0.1) is 5.82 Å². The molecule has 2 aromatic carbocycles. The molecule has 1 aliphatic rings. The molecule has 1 fully saturated rings. The Balaban J connectivity index is 1.66. The normalized spacial score (nSPS) is 16.3. The molecule has 0 aliphatic carbocycles. The number of cyclic esters (lactones) is 1. The van der Waals surface area contributed by atoms with E-state index < -0.39 is 17.7 Å². The second-order valence-electron chi connectivity index (χ2n) is 7.12. The largest absolute Gasteiger partial charge is 0.489 e. The molecule has 152 valence electrons. The van der Waals surface area contributed by atoms with Gasteiger partial charge in [-0.05, 0) is 23.8 Å². The van der Waals surface area contributed by atoms with E-state index in [0.717, 1.165) is 17.2 Å². The summed E-state index contributed by atoms with van der Waals surface area (Å²) in [5.74, 6) is -1.96. The summed E-state index contributed by atoms with van der Waals surface area (Å²) in [5, 5.41) is 0. The summed E-state index contributed by atoms with van der Waals surface area (Å²) >= 11 is 0. The van der Waals surface area contributed by atoms with Gasteiger partial charge in [-0.3, -0.25) is 4.79 Å². The Kier molecular flexibility index (Phi) is 5.87. The zero-order valence-corrected chi connectivity index (χ0v) is 16.5. The first-order valence-corrected chi connectivity index (χ1v) is 9.08. The highest BCUT2D eigenvalue weighted by Crippen LogP contribution is 2.26. The highest BCUT2D eigenvalue weighted by Gasteiger charge is 2.38. The van der Waals surface area contributed by atoms with Gasteiger partial charge in [0, 0.05) is 33.0 Å². The molecule has 6 nitrogen and oxygen atoms in total. The van der Waals surface area contributed by atoms with E-state index in [1.807, 2.05) is 18.2 Å². The zero-order valence-electron chi connectivity index (χ0n) is 16.5. The smallest absolute Gasteiger partial charge is 0.377 e. The first kappa shape index (κ1) is 20.4. The number of hydrogen-bond donors (Lipinski definition) is 0. The number of esters is 1.